The van der Waals surface area contributed by atoms with Gasteiger partial charge >= 0.3 is 5.97 Å². The zero-order valence-electron chi connectivity index (χ0n) is 12.1. The van der Waals surface area contributed by atoms with Crippen molar-refractivity contribution in [2.75, 3.05) is 20.2 Å². The molecule has 0 radical (unpaired) electrons. The summed E-state index contributed by atoms with van der Waals surface area (Å²) in [4.78, 5) is 24.1. The van der Waals surface area contributed by atoms with E-state index < -0.39 is 5.97 Å². The number of carboxylic acid groups (broad SMARTS) is 1. The predicted molar refractivity (Wildman–Crippen MR) is 75.9 cm³/mol. The Balaban J connectivity index is 2.65. The number of hydrogen-bond acceptors (Lipinski definition) is 3. The highest BCUT2D eigenvalue weighted by atomic mass is 16.5. The van der Waals surface area contributed by atoms with Crippen molar-refractivity contribution in [3.8, 4) is 5.75 Å². The molecule has 110 valence electrons. The van der Waals surface area contributed by atoms with Gasteiger partial charge in [-0.15, -0.1) is 0 Å². The normalized spacial score (nSPS) is 11.8. The van der Waals surface area contributed by atoms with Crippen LogP contribution in [0.2, 0.25) is 0 Å². The molecule has 1 aromatic carbocycles. The van der Waals surface area contributed by atoms with Crippen LogP contribution in [0.5, 0.6) is 5.75 Å². The fourth-order valence-electron chi connectivity index (χ4n) is 1.98. The summed E-state index contributed by atoms with van der Waals surface area (Å²) in [5, 5.41) is 8.76. The maximum atomic E-state index is 12.1. The highest BCUT2D eigenvalue weighted by Gasteiger charge is 2.18. The molecule has 0 heterocycles. The van der Waals surface area contributed by atoms with Crippen molar-refractivity contribution in [3.63, 3.8) is 0 Å². The van der Waals surface area contributed by atoms with Gasteiger partial charge in [-0.3, -0.25) is 9.59 Å². The lowest BCUT2D eigenvalue weighted by molar-refractivity contribution is -0.144. The average molecular weight is 279 g/mol. The van der Waals surface area contributed by atoms with E-state index in [1.807, 2.05) is 31.2 Å². The van der Waals surface area contributed by atoms with E-state index in [2.05, 4.69) is 0 Å². The molecule has 1 unspecified atom stereocenters. The molecule has 0 saturated carbocycles. The van der Waals surface area contributed by atoms with Gasteiger partial charge in [0.05, 0.1) is 7.11 Å². The first-order valence-electron chi connectivity index (χ1n) is 6.61. The van der Waals surface area contributed by atoms with Gasteiger partial charge in [0.15, 0.2) is 0 Å². The standard InChI is InChI=1S/C15H21NO4/c1-4-16(10-15(18)19)14(17)9-11(2)12-5-7-13(20-3)8-6-12/h5-8,11H,4,9-10H2,1-3H3,(H,18,19). The van der Waals surface area contributed by atoms with Gasteiger partial charge in [-0.25, -0.2) is 0 Å². The molecule has 1 N–H and O–H groups in total. The van der Waals surface area contributed by atoms with Crippen LogP contribution in [0.1, 0.15) is 31.7 Å². The van der Waals surface area contributed by atoms with Crippen LogP contribution in [-0.2, 0) is 9.59 Å². The van der Waals surface area contributed by atoms with Gasteiger partial charge in [0.1, 0.15) is 12.3 Å². The first-order chi connectivity index (χ1) is 9.47. The molecule has 0 fully saturated rings. The van der Waals surface area contributed by atoms with Crippen molar-refractivity contribution in [1.82, 2.24) is 4.90 Å². The molecule has 0 spiro atoms. The number of carboxylic acids is 1. The second-order valence-corrected chi connectivity index (χ2v) is 4.68. The van der Waals surface area contributed by atoms with Gasteiger partial charge in [-0.2, -0.15) is 0 Å². The lowest BCUT2D eigenvalue weighted by atomic mass is 9.97. The minimum Gasteiger partial charge on any atom is -0.497 e. The Morgan fingerprint density at radius 1 is 1.30 bits per heavy atom. The number of likely N-dealkylation sites (N-methyl/N-ethyl adjacent to an activating group) is 1. The topological polar surface area (TPSA) is 66.8 Å². The summed E-state index contributed by atoms with van der Waals surface area (Å²) < 4.78 is 5.09. The highest BCUT2D eigenvalue weighted by Crippen LogP contribution is 2.22. The van der Waals surface area contributed by atoms with Crippen molar-refractivity contribution >= 4 is 11.9 Å². The number of amides is 1. The number of aliphatic carboxylic acids is 1. The minimum absolute atomic E-state index is 0.0382. The lowest BCUT2D eigenvalue weighted by Crippen LogP contribution is -2.35. The van der Waals surface area contributed by atoms with E-state index in [1.54, 1.807) is 14.0 Å². The van der Waals surface area contributed by atoms with Crippen molar-refractivity contribution in [1.29, 1.82) is 0 Å². The number of carbonyl (C=O) groups is 2. The Bertz CT molecular complexity index is 455. The predicted octanol–water partition coefficient (Wildman–Crippen LogP) is 2.12. The molecule has 20 heavy (non-hydrogen) atoms. The monoisotopic (exact) mass is 279 g/mol. The Labute approximate surface area is 119 Å². The quantitative estimate of drug-likeness (QED) is 0.830. The molecule has 1 rings (SSSR count). The fourth-order valence-corrected chi connectivity index (χ4v) is 1.98. The van der Waals surface area contributed by atoms with E-state index in [0.29, 0.717) is 13.0 Å². The second kappa shape index (κ2) is 7.53. The first-order valence-corrected chi connectivity index (χ1v) is 6.61. The Hall–Kier alpha value is -2.04. The van der Waals surface area contributed by atoms with Crippen molar-refractivity contribution in [2.24, 2.45) is 0 Å². The van der Waals surface area contributed by atoms with Crippen LogP contribution in [0.4, 0.5) is 0 Å². The van der Waals surface area contributed by atoms with Crippen LogP contribution in [0.25, 0.3) is 0 Å². The maximum absolute atomic E-state index is 12.1. The first kappa shape index (κ1) is 16.0. The van der Waals surface area contributed by atoms with Gasteiger partial charge in [-0.1, -0.05) is 19.1 Å². The molecule has 1 atom stereocenters. The van der Waals surface area contributed by atoms with Crippen molar-refractivity contribution in [2.45, 2.75) is 26.2 Å². The molecule has 0 bridgehead atoms. The summed E-state index contributed by atoms with van der Waals surface area (Å²) in [6, 6.07) is 7.55. The second-order valence-electron chi connectivity index (χ2n) is 4.68. The van der Waals surface area contributed by atoms with Crippen LogP contribution in [0.15, 0.2) is 24.3 Å². The summed E-state index contributed by atoms with van der Waals surface area (Å²) in [5.74, 6) is -0.319. The number of benzene rings is 1. The van der Waals surface area contributed by atoms with Crippen LogP contribution in [0.3, 0.4) is 0 Å². The van der Waals surface area contributed by atoms with Crippen LogP contribution >= 0.6 is 0 Å². The number of methoxy groups -OCH3 is 1. The summed E-state index contributed by atoms with van der Waals surface area (Å²) in [6.45, 7) is 3.89. The van der Waals surface area contributed by atoms with E-state index >= 15 is 0 Å². The Kier molecular flexibility index (Phi) is 6.03. The molecular weight excluding hydrogens is 258 g/mol. The number of rotatable bonds is 7. The minimum atomic E-state index is -0.989. The number of nitrogens with zero attached hydrogens (tertiary/aromatic N) is 1. The summed E-state index contributed by atoms with van der Waals surface area (Å²) in [5.41, 5.74) is 1.03. The van der Waals surface area contributed by atoms with Crippen LogP contribution in [-0.4, -0.2) is 42.1 Å². The molecule has 5 heteroatoms. The smallest absolute Gasteiger partial charge is 0.323 e. The molecule has 0 saturated heterocycles. The Morgan fingerprint density at radius 3 is 2.35 bits per heavy atom. The zero-order valence-corrected chi connectivity index (χ0v) is 12.1. The SMILES string of the molecule is CCN(CC(=O)O)C(=O)CC(C)c1ccc(OC)cc1. The zero-order chi connectivity index (χ0) is 15.1. The summed E-state index contributed by atoms with van der Waals surface area (Å²) >= 11 is 0. The molecule has 0 aliphatic rings. The van der Waals surface area contributed by atoms with Gasteiger partial charge in [0.2, 0.25) is 5.91 Å². The third-order valence-corrected chi connectivity index (χ3v) is 3.23. The fraction of sp³-hybridized carbons (Fsp3) is 0.467. The van der Waals surface area contributed by atoms with Gasteiger partial charge in [-0.05, 0) is 30.5 Å². The largest absolute Gasteiger partial charge is 0.497 e. The average Bonchev–Trinajstić information content (AvgIpc) is 2.44. The van der Waals surface area contributed by atoms with Gasteiger partial charge < -0.3 is 14.7 Å². The van der Waals surface area contributed by atoms with Crippen molar-refractivity contribution in [3.05, 3.63) is 29.8 Å². The molecule has 0 aliphatic carbocycles. The van der Waals surface area contributed by atoms with E-state index in [-0.39, 0.29) is 18.4 Å². The molecule has 1 amide bonds. The maximum Gasteiger partial charge on any atom is 0.323 e. The third kappa shape index (κ3) is 4.57. The molecule has 0 aromatic heterocycles. The van der Waals surface area contributed by atoms with E-state index in [1.165, 1.54) is 4.90 Å². The molecular formula is C15H21NO4. The number of hydrogen-bond donors (Lipinski definition) is 1. The van der Waals surface area contributed by atoms with E-state index in [0.717, 1.165) is 11.3 Å². The number of ether oxygens (including phenoxy) is 1. The lowest BCUT2D eigenvalue weighted by Gasteiger charge is -2.21. The Morgan fingerprint density at radius 2 is 1.90 bits per heavy atom. The van der Waals surface area contributed by atoms with Gasteiger partial charge in [0, 0.05) is 13.0 Å². The molecule has 0 aliphatic heterocycles. The summed E-state index contributed by atoms with van der Waals surface area (Å²) in [6.07, 6.45) is 0.299. The van der Waals surface area contributed by atoms with E-state index in [4.69, 9.17) is 9.84 Å². The molecule has 5 nitrogen and oxygen atoms in total. The van der Waals surface area contributed by atoms with Gasteiger partial charge in [0.25, 0.3) is 0 Å². The molecule has 1 aromatic rings. The summed E-state index contributed by atoms with van der Waals surface area (Å²) in [7, 11) is 1.60. The number of carbonyl (C=O) groups excluding carboxylic acids is 1. The third-order valence-electron chi connectivity index (χ3n) is 3.23. The van der Waals surface area contributed by atoms with Crippen molar-refractivity contribution < 1.29 is 19.4 Å². The van der Waals surface area contributed by atoms with Crippen LogP contribution < -0.4 is 4.74 Å². The van der Waals surface area contributed by atoms with E-state index in [9.17, 15) is 9.59 Å². The highest BCUT2D eigenvalue weighted by molar-refractivity contribution is 5.81. The van der Waals surface area contributed by atoms with Crippen LogP contribution in [0, 0.1) is 0 Å².